The molecule has 112 heavy (non-hydrogen) atoms. The SMILES string of the molecule is CCCCCCCCCCCCCCCCCCCCC(=O)O[C@H](COC(=O)CCCCCCCCC(C)CC)COP(=O)(O)OC[C@H](O)COP(=O)(O)OC[C@@H](COC(=O)CCCCCCCCCCCCCCCCCCCCC(C)CC)OC(=O)CCCCCCCCCCCCCCCCCCCCC(C)CC. The first-order valence-electron chi connectivity index (χ1n) is 48.0. The fourth-order valence-corrected chi connectivity index (χ4v) is 16.1. The van der Waals surface area contributed by atoms with E-state index in [1.54, 1.807) is 0 Å². The van der Waals surface area contributed by atoms with Crippen LogP contribution in [0.2, 0.25) is 0 Å². The van der Waals surface area contributed by atoms with Crippen LogP contribution in [0.15, 0.2) is 0 Å². The van der Waals surface area contributed by atoms with Crippen LogP contribution in [0.4, 0.5) is 0 Å². The molecule has 0 saturated carbocycles. The minimum Gasteiger partial charge on any atom is -0.462 e. The number of aliphatic hydroxyl groups is 1. The number of phosphoric ester groups is 2. The van der Waals surface area contributed by atoms with Crippen LogP contribution in [0.5, 0.6) is 0 Å². The number of rotatable bonds is 91. The zero-order valence-corrected chi connectivity index (χ0v) is 75.9. The maximum atomic E-state index is 13.2. The summed E-state index contributed by atoms with van der Waals surface area (Å²) < 4.78 is 69.1. The zero-order valence-electron chi connectivity index (χ0n) is 74.2. The van der Waals surface area contributed by atoms with E-state index >= 15 is 0 Å². The second kappa shape index (κ2) is 82.7. The highest BCUT2D eigenvalue weighted by molar-refractivity contribution is 7.47. The van der Waals surface area contributed by atoms with Gasteiger partial charge >= 0.3 is 39.5 Å². The number of hydrogen-bond donors (Lipinski definition) is 3. The lowest BCUT2D eigenvalue weighted by atomic mass is 9.99. The van der Waals surface area contributed by atoms with Gasteiger partial charge < -0.3 is 33.8 Å². The van der Waals surface area contributed by atoms with E-state index in [2.05, 4.69) is 48.5 Å². The van der Waals surface area contributed by atoms with E-state index in [1.807, 2.05) is 0 Å². The van der Waals surface area contributed by atoms with Crippen molar-refractivity contribution < 1.29 is 80.2 Å². The van der Waals surface area contributed by atoms with E-state index in [-0.39, 0.29) is 25.7 Å². The van der Waals surface area contributed by atoms with E-state index in [0.29, 0.717) is 25.7 Å². The van der Waals surface area contributed by atoms with Gasteiger partial charge in [-0.3, -0.25) is 37.3 Å². The smallest absolute Gasteiger partial charge is 0.462 e. The van der Waals surface area contributed by atoms with E-state index < -0.39 is 97.5 Å². The van der Waals surface area contributed by atoms with Gasteiger partial charge in [-0.15, -0.1) is 0 Å². The second-order valence-electron chi connectivity index (χ2n) is 34.1. The van der Waals surface area contributed by atoms with E-state index in [9.17, 15) is 43.2 Å². The van der Waals surface area contributed by atoms with Gasteiger partial charge in [0.05, 0.1) is 26.4 Å². The summed E-state index contributed by atoms with van der Waals surface area (Å²) in [6, 6.07) is 0. The summed E-state index contributed by atoms with van der Waals surface area (Å²) in [6.07, 6.45) is 76.5. The van der Waals surface area contributed by atoms with Gasteiger partial charge in [0.1, 0.15) is 19.3 Å². The fourth-order valence-electron chi connectivity index (χ4n) is 14.5. The minimum atomic E-state index is -4.97. The van der Waals surface area contributed by atoms with Gasteiger partial charge in [-0.05, 0) is 43.4 Å². The topological polar surface area (TPSA) is 237 Å². The number of unbranched alkanes of at least 4 members (excludes halogenated alkanes) is 56. The van der Waals surface area contributed by atoms with Crippen molar-refractivity contribution in [3.63, 3.8) is 0 Å². The summed E-state index contributed by atoms with van der Waals surface area (Å²) in [7, 11) is -9.94. The van der Waals surface area contributed by atoms with Crippen molar-refractivity contribution in [2.45, 2.75) is 516 Å². The second-order valence-corrected chi connectivity index (χ2v) is 37.0. The van der Waals surface area contributed by atoms with Crippen molar-refractivity contribution in [2.24, 2.45) is 17.8 Å². The van der Waals surface area contributed by atoms with Crippen molar-refractivity contribution >= 4 is 39.5 Å². The lowest BCUT2D eigenvalue weighted by molar-refractivity contribution is -0.161. The lowest BCUT2D eigenvalue weighted by Gasteiger charge is -2.21. The van der Waals surface area contributed by atoms with Gasteiger partial charge in [0, 0.05) is 25.7 Å². The van der Waals surface area contributed by atoms with Gasteiger partial charge in [0.15, 0.2) is 12.2 Å². The molecule has 0 aromatic carbocycles. The summed E-state index contributed by atoms with van der Waals surface area (Å²) in [4.78, 5) is 73.4. The quantitative estimate of drug-likeness (QED) is 0.0222. The molecule has 5 unspecified atom stereocenters. The van der Waals surface area contributed by atoms with Gasteiger partial charge in [0.25, 0.3) is 0 Å². The van der Waals surface area contributed by atoms with Crippen LogP contribution in [0.3, 0.4) is 0 Å². The molecule has 0 aromatic rings. The monoisotopic (exact) mass is 1630 g/mol. The van der Waals surface area contributed by atoms with Crippen molar-refractivity contribution in [3.8, 4) is 0 Å². The number of ether oxygens (including phenoxy) is 4. The molecular formula is C93H182O17P2. The molecule has 0 saturated heterocycles. The van der Waals surface area contributed by atoms with Crippen molar-refractivity contribution in [3.05, 3.63) is 0 Å². The molecular weight excluding hydrogens is 1450 g/mol. The average Bonchev–Trinajstić information content (AvgIpc) is 0.899. The predicted octanol–water partition coefficient (Wildman–Crippen LogP) is 28.8. The predicted molar refractivity (Wildman–Crippen MR) is 465 cm³/mol. The Morgan fingerprint density at radius 3 is 0.634 bits per heavy atom. The van der Waals surface area contributed by atoms with Crippen LogP contribution in [-0.4, -0.2) is 96.7 Å². The minimum absolute atomic E-state index is 0.108. The molecule has 3 N–H and O–H groups in total. The Hall–Kier alpha value is -1.94. The molecule has 0 amide bonds. The Bertz CT molecular complexity index is 2150. The zero-order chi connectivity index (χ0) is 82.2. The van der Waals surface area contributed by atoms with Crippen LogP contribution in [0, 0.1) is 17.8 Å². The average molecular weight is 1630 g/mol. The molecule has 0 radical (unpaired) electrons. The Balaban J connectivity index is 5.22. The first-order valence-corrected chi connectivity index (χ1v) is 51.0. The largest absolute Gasteiger partial charge is 0.472 e. The molecule has 0 heterocycles. The molecule has 666 valence electrons. The van der Waals surface area contributed by atoms with E-state index in [1.165, 1.54) is 302 Å². The normalized spacial score (nSPS) is 14.5. The maximum Gasteiger partial charge on any atom is 0.472 e. The summed E-state index contributed by atoms with van der Waals surface area (Å²) in [5.74, 6) is 0.378. The molecule has 19 heteroatoms. The van der Waals surface area contributed by atoms with Crippen molar-refractivity contribution in [1.29, 1.82) is 0 Å². The number of carbonyl (C=O) groups is 4. The highest BCUT2D eigenvalue weighted by Crippen LogP contribution is 2.45. The molecule has 17 nitrogen and oxygen atoms in total. The third-order valence-electron chi connectivity index (χ3n) is 23.0. The molecule has 0 fully saturated rings. The first kappa shape index (κ1) is 110. The highest BCUT2D eigenvalue weighted by Gasteiger charge is 2.31. The van der Waals surface area contributed by atoms with Gasteiger partial charge in [-0.2, -0.15) is 0 Å². The van der Waals surface area contributed by atoms with Crippen LogP contribution in [0.1, 0.15) is 498 Å². The Morgan fingerprint density at radius 2 is 0.429 bits per heavy atom. The van der Waals surface area contributed by atoms with E-state index in [4.69, 9.17) is 37.0 Å². The Morgan fingerprint density at radius 1 is 0.250 bits per heavy atom. The summed E-state index contributed by atoms with van der Waals surface area (Å²) >= 11 is 0. The molecule has 0 aromatic heterocycles. The summed E-state index contributed by atoms with van der Waals surface area (Å²) in [5.41, 5.74) is 0. The lowest BCUT2D eigenvalue weighted by Crippen LogP contribution is -2.30. The van der Waals surface area contributed by atoms with Gasteiger partial charge in [-0.25, -0.2) is 9.13 Å². The molecule has 0 aliphatic heterocycles. The van der Waals surface area contributed by atoms with E-state index in [0.717, 1.165) is 114 Å². The Kier molecular flexibility index (Phi) is 81.3. The summed E-state index contributed by atoms with van der Waals surface area (Å²) in [6.45, 7) is 12.1. The Labute approximate surface area is 689 Å². The van der Waals surface area contributed by atoms with Crippen LogP contribution >= 0.6 is 15.6 Å². The van der Waals surface area contributed by atoms with Gasteiger partial charge in [0.2, 0.25) is 0 Å². The van der Waals surface area contributed by atoms with Crippen LogP contribution in [-0.2, 0) is 65.4 Å². The van der Waals surface area contributed by atoms with Crippen LogP contribution < -0.4 is 0 Å². The number of esters is 4. The third kappa shape index (κ3) is 81.8. The molecule has 0 aliphatic rings. The maximum absolute atomic E-state index is 13.2. The summed E-state index contributed by atoms with van der Waals surface area (Å²) in [5, 5.41) is 10.7. The molecule has 0 bridgehead atoms. The molecule has 0 rings (SSSR count). The van der Waals surface area contributed by atoms with Crippen LogP contribution in [0.25, 0.3) is 0 Å². The number of carbonyl (C=O) groups excluding carboxylic acids is 4. The van der Waals surface area contributed by atoms with Crippen molar-refractivity contribution in [1.82, 2.24) is 0 Å². The third-order valence-corrected chi connectivity index (χ3v) is 24.9. The first-order chi connectivity index (χ1) is 54.3. The molecule has 8 atom stereocenters. The molecule has 0 spiro atoms. The number of phosphoric acid groups is 2. The highest BCUT2D eigenvalue weighted by atomic mass is 31.2. The standard InChI is InChI=1S/C93H182O17P2/c1-8-12-13-14-15-16-17-18-19-20-27-33-38-43-48-53-62-70-77-93(98)110-89(81-104-91(96)75-68-61-56-55-59-66-73-86(7)11-4)83-108-112(101,102)106-79-87(94)78-105-111(99,100)107-82-88(109-92(97)76-69-63-54-49-44-39-34-29-24-22-26-31-36-41-46-51-58-65-72-85(6)10-3)80-103-90(95)74-67-60-52-47-42-37-32-28-23-21-25-30-35-40-45-50-57-64-71-84(5)9-2/h84-89,94H,8-83H2,1-7H3,(H,99,100)(H,101,102)/t84?,85?,86?,87-,88-,89-/m1/s1. The number of aliphatic hydroxyl groups excluding tert-OH is 1. The number of hydrogen-bond acceptors (Lipinski definition) is 15. The van der Waals surface area contributed by atoms with Gasteiger partial charge in [-0.1, -0.05) is 447 Å². The van der Waals surface area contributed by atoms with Crippen molar-refractivity contribution in [2.75, 3.05) is 39.6 Å². The fraction of sp³-hybridized carbons (Fsp3) is 0.957. The molecule has 0 aliphatic carbocycles.